The third kappa shape index (κ3) is 2.55. The van der Waals surface area contributed by atoms with Gasteiger partial charge in [-0.3, -0.25) is 0 Å². The zero-order chi connectivity index (χ0) is 16.5. The Balaban J connectivity index is 1.85. The molecule has 0 unspecified atom stereocenters. The second-order valence-electron chi connectivity index (χ2n) is 5.44. The Labute approximate surface area is 144 Å². The predicted molar refractivity (Wildman–Crippen MR) is 96.1 cm³/mol. The molecule has 1 aromatic heterocycles. The van der Waals surface area contributed by atoms with Gasteiger partial charge >= 0.3 is 0 Å². The third-order valence-electron chi connectivity index (χ3n) is 3.96. The van der Waals surface area contributed by atoms with Crippen LogP contribution in [0.15, 0.2) is 65.8 Å². The molecule has 5 nitrogen and oxygen atoms in total. The largest absolute Gasteiger partial charge is 0.507 e. The fourth-order valence-electron chi connectivity index (χ4n) is 2.81. The lowest BCUT2D eigenvalue weighted by Gasteiger charge is -2.24. The summed E-state index contributed by atoms with van der Waals surface area (Å²) in [6.07, 6.45) is 4.02. The number of phenols is 1. The quantitative estimate of drug-likeness (QED) is 0.713. The van der Waals surface area contributed by atoms with Crippen molar-refractivity contribution in [1.29, 1.82) is 0 Å². The predicted octanol–water partition coefficient (Wildman–Crippen LogP) is 3.76. The van der Waals surface area contributed by atoms with Crippen molar-refractivity contribution in [3.05, 3.63) is 71.8 Å². The molecule has 3 aromatic rings. The minimum Gasteiger partial charge on any atom is -0.507 e. The molecule has 0 radical (unpaired) electrons. The summed E-state index contributed by atoms with van der Waals surface area (Å²) >= 11 is 1.50. The Morgan fingerprint density at radius 2 is 1.83 bits per heavy atom. The molecule has 1 aliphatic heterocycles. The number of benzene rings is 2. The van der Waals surface area contributed by atoms with E-state index in [2.05, 4.69) is 33.6 Å². The molecule has 0 fully saturated rings. The van der Waals surface area contributed by atoms with Gasteiger partial charge in [0.2, 0.25) is 11.1 Å². The van der Waals surface area contributed by atoms with Crippen LogP contribution in [0.4, 0.5) is 5.95 Å². The second kappa shape index (κ2) is 6.05. The van der Waals surface area contributed by atoms with Crippen LogP contribution in [-0.4, -0.2) is 26.1 Å². The second-order valence-corrected chi connectivity index (χ2v) is 6.22. The number of aromatic nitrogens is 3. The summed E-state index contributed by atoms with van der Waals surface area (Å²) in [4.78, 5) is 4.53. The molecule has 24 heavy (non-hydrogen) atoms. The van der Waals surface area contributed by atoms with Gasteiger partial charge in [0.1, 0.15) is 11.8 Å². The van der Waals surface area contributed by atoms with E-state index in [-0.39, 0.29) is 11.8 Å². The van der Waals surface area contributed by atoms with Crippen LogP contribution in [0.5, 0.6) is 5.75 Å². The van der Waals surface area contributed by atoms with Gasteiger partial charge in [-0.1, -0.05) is 54.2 Å². The van der Waals surface area contributed by atoms with E-state index in [9.17, 15) is 5.11 Å². The van der Waals surface area contributed by atoms with Gasteiger partial charge in [0.25, 0.3) is 0 Å². The molecule has 2 heterocycles. The fourth-order valence-corrected chi connectivity index (χ4v) is 3.15. The van der Waals surface area contributed by atoms with Crippen LogP contribution in [0, 0.1) is 0 Å². The number of allylic oxidation sites excluding steroid dienone is 1. The summed E-state index contributed by atoms with van der Waals surface area (Å²) in [6.45, 7) is 0. The maximum absolute atomic E-state index is 10.2. The van der Waals surface area contributed by atoms with Crippen LogP contribution in [0.25, 0.3) is 5.70 Å². The van der Waals surface area contributed by atoms with Crippen molar-refractivity contribution in [2.45, 2.75) is 11.2 Å². The summed E-state index contributed by atoms with van der Waals surface area (Å²) < 4.78 is 1.88. The molecular weight excluding hydrogens is 320 g/mol. The molecule has 0 bridgehead atoms. The van der Waals surface area contributed by atoms with Crippen molar-refractivity contribution in [3.63, 3.8) is 0 Å². The van der Waals surface area contributed by atoms with Crippen LogP contribution in [0.3, 0.4) is 0 Å². The van der Waals surface area contributed by atoms with E-state index in [1.807, 2.05) is 47.3 Å². The van der Waals surface area contributed by atoms with Crippen LogP contribution in [0.1, 0.15) is 17.2 Å². The Morgan fingerprint density at radius 3 is 2.58 bits per heavy atom. The van der Waals surface area contributed by atoms with E-state index >= 15 is 0 Å². The number of phenolic OH excluding ortho intramolecular Hbond substituents is 1. The first kappa shape index (κ1) is 14.8. The SMILES string of the molecule is CSc1nc2n(n1)[C@H](c1ccccc1)C=C(c1ccccc1O)N2. The third-order valence-corrected chi connectivity index (χ3v) is 4.50. The monoisotopic (exact) mass is 336 g/mol. The van der Waals surface area contributed by atoms with Gasteiger partial charge in [0.05, 0.1) is 5.70 Å². The number of rotatable bonds is 3. The summed E-state index contributed by atoms with van der Waals surface area (Å²) in [5.74, 6) is 0.912. The van der Waals surface area contributed by atoms with E-state index in [1.165, 1.54) is 11.8 Å². The smallest absolute Gasteiger partial charge is 0.227 e. The first-order chi connectivity index (χ1) is 11.8. The lowest BCUT2D eigenvalue weighted by Crippen LogP contribution is -2.20. The molecule has 2 N–H and O–H groups in total. The van der Waals surface area contributed by atoms with Crippen LogP contribution >= 0.6 is 11.8 Å². The molecule has 4 rings (SSSR count). The molecule has 0 aliphatic carbocycles. The highest BCUT2D eigenvalue weighted by molar-refractivity contribution is 7.98. The maximum Gasteiger partial charge on any atom is 0.227 e. The maximum atomic E-state index is 10.2. The number of nitrogens with one attached hydrogen (secondary N) is 1. The molecule has 0 amide bonds. The van der Waals surface area contributed by atoms with Gasteiger partial charge < -0.3 is 10.4 Å². The summed E-state index contributed by atoms with van der Waals surface area (Å²) in [5, 5.41) is 18.8. The van der Waals surface area contributed by atoms with Crippen LogP contribution in [0.2, 0.25) is 0 Å². The standard InChI is InChI=1S/C18H16N4OS/c1-24-18-20-17-19-14(13-9-5-6-10-16(13)23)11-15(22(17)21-18)12-7-3-2-4-8-12/h2-11,15,23H,1H3,(H,19,20,21)/t15-/m0/s1. The number of para-hydroxylation sites is 1. The van der Waals surface area contributed by atoms with Crippen molar-refractivity contribution in [2.75, 3.05) is 11.6 Å². The molecule has 2 aromatic carbocycles. The van der Waals surface area contributed by atoms with Crippen molar-refractivity contribution in [2.24, 2.45) is 0 Å². The first-order valence-electron chi connectivity index (χ1n) is 7.59. The molecule has 0 saturated heterocycles. The molecule has 6 heteroatoms. The number of nitrogens with zero attached hydrogens (tertiary/aromatic N) is 3. The van der Waals surface area contributed by atoms with Crippen LogP contribution < -0.4 is 5.32 Å². The van der Waals surface area contributed by atoms with E-state index in [4.69, 9.17) is 0 Å². The average Bonchev–Trinajstić information content (AvgIpc) is 3.05. The Kier molecular flexibility index (Phi) is 3.74. The fraction of sp³-hybridized carbons (Fsp3) is 0.111. The molecule has 0 spiro atoms. The normalized spacial score (nSPS) is 16.2. The summed E-state index contributed by atoms with van der Waals surface area (Å²) in [6, 6.07) is 17.4. The van der Waals surface area contributed by atoms with Gasteiger partial charge in [-0.05, 0) is 30.0 Å². The minimum absolute atomic E-state index is 0.0783. The highest BCUT2D eigenvalue weighted by Gasteiger charge is 2.25. The number of hydrogen-bond donors (Lipinski definition) is 2. The van der Waals surface area contributed by atoms with Gasteiger partial charge in [-0.15, -0.1) is 5.10 Å². The Hall–Kier alpha value is -2.73. The summed E-state index contributed by atoms with van der Waals surface area (Å²) in [7, 11) is 0. The lowest BCUT2D eigenvalue weighted by molar-refractivity contribution is 0.473. The number of anilines is 1. The number of thioether (sulfide) groups is 1. The number of aromatic hydroxyl groups is 1. The van der Waals surface area contributed by atoms with Gasteiger partial charge in [-0.2, -0.15) is 4.98 Å². The van der Waals surface area contributed by atoms with Crippen molar-refractivity contribution in [3.8, 4) is 5.75 Å². The average molecular weight is 336 g/mol. The van der Waals surface area contributed by atoms with Crippen molar-refractivity contribution >= 4 is 23.4 Å². The minimum atomic E-state index is -0.0783. The Bertz CT molecular complexity index is 904. The highest BCUT2D eigenvalue weighted by atomic mass is 32.2. The van der Waals surface area contributed by atoms with Crippen molar-refractivity contribution in [1.82, 2.24) is 14.8 Å². The van der Waals surface area contributed by atoms with Gasteiger partial charge in [-0.25, -0.2) is 4.68 Å². The zero-order valence-corrected chi connectivity index (χ0v) is 13.9. The van der Waals surface area contributed by atoms with E-state index in [1.54, 1.807) is 6.07 Å². The number of hydrogen-bond acceptors (Lipinski definition) is 5. The lowest BCUT2D eigenvalue weighted by atomic mass is 10.0. The zero-order valence-electron chi connectivity index (χ0n) is 13.0. The molecular formula is C18H16N4OS. The molecule has 1 aliphatic rings. The topological polar surface area (TPSA) is 63.0 Å². The van der Waals surface area contributed by atoms with Crippen LogP contribution in [-0.2, 0) is 0 Å². The molecule has 120 valence electrons. The van der Waals surface area contributed by atoms with E-state index in [0.717, 1.165) is 16.8 Å². The molecule has 1 atom stereocenters. The van der Waals surface area contributed by atoms with Crippen molar-refractivity contribution < 1.29 is 5.11 Å². The summed E-state index contributed by atoms with van der Waals surface area (Å²) in [5.41, 5.74) is 2.69. The van der Waals surface area contributed by atoms with Gasteiger partial charge in [0, 0.05) is 5.56 Å². The van der Waals surface area contributed by atoms with E-state index in [0.29, 0.717) is 11.1 Å². The Morgan fingerprint density at radius 1 is 1.08 bits per heavy atom. The molecule has 0 saturated carbocycles. The number of fused-ring (bicyclic) bond motifs is 1. The van der Waals surface area contributed by atoms with E-state index < -0.39 is 0 Å². The van der Waals surface area contributed by atoms with Gasteiger partial charge in [0.15, 0.2) is 0 Å². The highest BCUT2D eigenvalue weighted by Crippen LogP contribution is 2.35. The first-order valence-corrected chi connectivity index (χ1v) is 8.81.